The summed E-state index contributed by atoms with van der Waals surface area (Å²) in [6.45, 7) is 1.98. The van der Waals surface area contributed by atoms with Crippen molar-refractivity contribution >= 4 is 21.6 Å². The van der Waals surface area contributed by atoms with Crippen molar-refractivity contribution in [3.8, 4) is 0 Å². The number of aryl methyl sites for hydroxylation is 1. The minimum atomic E-state index is -0.472. The van der Waals surface area contributed by atoms with Crippen molar-refractivity contribution in [1.82, 2.24) is 9.78 Å². The molecule has 0 bridgehead atoms. The lowest BCUT2D eigenvalue weighted by atomic mass is 10.2. The van der Waals surface area contributed by atoms with Gasteiger partial charge in [0, 0.05) is 12.1 Å². The van der Waals surface area contributed by atoms with Crippen LogP contribution in [0, 0.1) is 17.0 Å². The zero-order valence-corrected chi connectivity index (χ0v) is 11.6. The Morgan fingerprint density at radius 2 is 2.11 bits per heavy atom. The molecule has 0 atom stereocenters. The van der Waals surface area contributed by atoms with Gasteiger partial charge in [0.05, 0.1) is 21.6 Å². The van der Waals surface area contributed by atoms with Crippen LogP contribution in [0.2, 0.25) is 0 Å². The number of rotatable bonds is 3. The third kappa shape index (κ3) is 3.05. The summed E-state index contributed by atoms with van der Waals surface area (Å²) < 4.78 is 1.69. The number of nitro groups is 1. The molecule has 0 aliphatic heterocycles. The molecule has 2 aromatic rings. The first-order valence-corrected chi connectivity index (χ1v) is 6.24. The van der Waals surface area contributed by atoms with E-state index in [-0.39, 0.29) is 17.8 Å². The highest BCUT2D eigenvalue weighted by Crippen LogP contribution is 2.25. The molecule has 0 N–H and O–H groups in total. The van der Waals surface area contributed by atoms with Crippen molar-refractivity contribution in [1.29, 1.82) is 0 Å². The first-order valence-electron chi connectivity index (χ1n) is 5.45. The molecular weight excluding hydrogens is 314 g/mol. The topological polar surface area (TPSA) is 78.0 Å². The van der Waals surface area contributed by atoms with Crippen molar-refractivity contribution in [3.05, 3.63) is 66.5 Å². The van der Waals surface area contributed by atoms with Gasteiger partial charge in [-0.25, -0.2) is 4.68 Å². The third-order valence-electron chi connectivity index (χ3n) is 2.54. The van der Waals surface area contributed by atoms with Crippen LogP contribution < -0.4 is 5.56 Å². The average molecular weight is 324 g/mol. The van der Waals surface area contributed by atoms with Crippen LogP contribution in [0.25, 0.3) is 0 Å². The highest BCUT2D eigenvalue weighted by molar-refractivity contribution is 9.10. The van der Waals surface area contributed by atoms with E-state index in [1.165, 1.54) is 16.8 Å². The second-order valence-corrected chi connectivity index (χ2v) is 4.87. The molecule has 0 spiro atoms. The van der Waals surface area contributed by atoms with E-state index in [4.69, 9.17) is 0 Å². The molecule has 0 saturated carbocycles. The standard InChI is InChI=1S/C12H10BrN3O3/c1-8-2-5-12(17)15(14-8)7-9-3-4-10(13)11(6-9)16(18)19/h2-6H,7H2,1H3. The van der Waals surface area contributed by atoms with Crippen molar-refractivity contribution in [3.63, 3.8) is 0 Å². The fourth-order valence-electron chi connectivity index (χ4n) is 1.63. The second kappa shape index (κ2) is 5.31. The predicted octanol–water partition coefficient (Wildman–Crippen LogP) is 2.27. The van der Waals surface area contributed by atoms with E-state index in [2.05, 4.69) is 21.0 Å². The SMILES string of the molecule is Cc1ccc(=O)n(Cc2ccc(Br)c([N+](=O)[O-])c2)n1. The molecule has 0 aliphatic rings. The quantitative estimate of drug-likeness (QED) is 0.641. The van der Waals surface area contributed by atoms with Crippen LogP contribution in [0.3, 0.4) is 0 Å². The average Bonchev–Trinajstić information content (AvgIpc) is 2.36. The van der Waals surface area contributed by atoms with Gasteiger partial charge < -0.3 is 0 Å². The van der Waals surface area contributed by atoms with Gasteiger partial charge >= 0.3 is 0 Å². The van der Waals surface area contributed by atoms with Gasteiger partial charge in [0.1, 0.15) is 0 Å². The number of nitrogens with zero attached hydrogens (tertiary/aromatic N) is 3. The first kappa shape index (κ1) is 13.4. The molecule has 98 valence electrons. The fourth-order valence-corrected chi connectivity index (χ4v) is 2.03. The van der Waals surface area contributed by atoms with Gasteiger partial charge in [0.25, 0.3) is 11.2 Å². The van der Waals surface area contributed by atoms with Crippen LogP contribution >= 0.6 is 15.9 Å². The van der Waals surface area contributed by atoms with E-state index in [1.54, 1.807) is 25.1 Å². The lowest BCUT2D eigenvalue weighted by Gasteiger charge is -2.05. The van der Waals surface area contributed by atoms with Crippen molar-refractivity contribution in [2.75, 3.05) is 0 Å². The second-order valence-electron chi connectivity index (χ2n) is 4.01. The molecule has 1 aromatic heterocycles. The molecule has 1 heterocycles. The Hall–Kier alpha value is -2.02. The fraction of sp³-hybridized carbons (Fsp3) is 0.167. The molecule has 19 heavy (non-hydrogen) atoms. The Kier molecular flexibility index (Phi) is 3.75. The van der Waals surface area contributed by atoms with Gasteiger partial charge in [-0.05, 0) is 40.5 Å². The Labute approximate surface area is 117 Å². The van der Waals surface area contributed by atoms with E-state index in [1.807, 2.05) is 0 Å². The molecule has 0 fully saturated rings. The molecule has 0 saturated heterocycles. The lowest BCUT2D eigenvalue weighted by Crippen LogP contribution is -2.23. The summed E-state index contributed by atoms with van der Waals surface area (Å²) in [7, 11) is 0. The van der Waals surface area contributed by atoms with E-state index in [0.29, 0.717) is 15.7 Å². The largest absolute Gasteiger partial charge is 0.283 e. The Bertz CT molecular complexity index is 697. The van der Waals surface area contributed by atoms with E-state index in [0.717, 1.165) is 0 Å². The molecule has 2 rings (SSSR count). The van der Waals surface area contributed by atoms with Gasteiger partial charge in [0.15, 0.2) is 0 Å². The molecule has 1 aromatic carbocycles. The van der Waals surface area contributed by atoms with Crippen LogP contribution in [-0.4, -0.2) is 14.7 Å². The van der Waals surface area contributed by atoms with Crippen molar-refractivity contribution in [2.24, 2.45) is 0 Å². The summed E-state index contributed by atoms with van der Waals surface area (Å²) in [4.78, 5) is 22.0. The van der Waals surface area contributed by atoms with Gasteiger partial charge in [0.2, 0.25) is 0 Å². The summed E-state index contributed by atoms with van der Waals surface area (Å²) in [5.41, 5.74) is 1.09. The summed E-state index contributed by atoms with van der Waals surface area (Å²) in [6.07, 6.45) is 0. The lowest BCUT2D eigenvalue weighted by molar-refractivity contribution is -0.385. The van der Waals surface area contributed by atoms with Crippen LogP contribution in [0.4, 0.5) is 5.69 Å². The molecule has 7 heteroatoms. The van der Waals surface area contributed by atoms with Gasteiger partial charge in [-0.15, -0.1) is 0 Å². The maximum atomic E-state index is 11.6. The number of benzene rings is 1. The van der Waals surface area contributed by atoms with Gasteiger partial charge in [-0.1, -0.05) is 6.07 Å². The number of aromatic nitrogens is 2. The smallest absolute Gasteiger partial charge is 0.268 e. The molecular formula is C12H10BrN3O3. The zero-order valence-electron chi connectivity index (χ0n) is 10.0. The molecule has 0 radical (unpaired) electrons. The monoisotopic (exact) mass is 323 g/mol. The summed E-state index contributed by atoms with van der Waals surface area (Å²) in [5.74, 6) is 0. The van der Waals surface area contributed by atoms with Crippen LogP contribution in [0.15, 0.2) is 39.6 Å². The number of hydrogen-bond acceptors (Lipinski definition) is 4. The summed E-state index contributed by atoms with van der Waals surface area (Å²) in [6, 6.07) is 7.79. The number of halogens is 1. The Morgan fingerprint density at radius 1 is 1.37 bits per heavy atom. The maximum absolute atomic E-state index is 11.6. The van der Waals surface area contributed by atoms with Gasteiger partial charge in [-0.2, -0.15) is 5.10 Å². The maximum Gasteiger partial charge on any atom is 0.283 e. The molecule has 6 nitrogen and oxygen atoms in total. The molecule has 0 aliphatic carbocycles. The zero-order chi connectivity index (χ0) is 14.0. The predicted molar refractivity (Wildman–Crippen MR) is 73.1 cm³/mol. The minimum Gasteiger partial charge on any atom is -0.268 e. The van der Waals surface area contributed by atoms with Crippen LogP contribution in [0.5, 0.6) is 0 Å². The van der Waals surface area contributed by atoms with Crippen LogP contribution in [0.1, 0.15) is 11.3 Å². The summed E-state index contributed by atoms with van der Waals surface area (Å²) >= 11 is 3.12. The van der Waals surface area contributed by atoms with Crippen molar-refractivity contribution < 1.29 is 4.92 Å². The van der Waals surface area contributed by atoms with Crippen LogP contribution in [-0.2, 0) is 6.54 Å². The number of hydrogen-bond donors (Lipinski definition) is 0. The highest BCUT2D eigenvalue weighted by Gasteiger charge is 2.12. The molecule has 0 amide bonds. The minimum absolute atomic E-state index is 0.0294. The van der Waals surface area contributed by atoms with E-state index < -0.39 is 4.92 Å². The Morgan fingerprint density at radius 3 is 2.79 bits per heavy atom. The van der Waals surface area contributed by atoms with E-state index >= 15 is 0 Å². The number of nitro benzene ring substituents is 1. The molecule has 0 unspecified atom stereocenters. The van der Waals surface area contributed by atoms with Gasteiger partial charge in [-0.3, -0.25) is 14.9 Å². The highest BCUT2D eigenvalue weighted by atomic mass is 79.9. The third-order valence-corrected chi connectivity index (χ3v) is 3.21. The first-order chi connectivity index (χ1) is 8.97. The van der Waals surface area contributed by atoms with E-state index in [9.17, 15) is 14.9 Å². The normalized spacial score (nSPS) is 10.4. The summed E-state index contributed by atoms with van der Waals surface area (Å²) in [5, 5.41) is 14.9. The van der Waals surface area contributed by atoms with Crippen molar-refractivity contribution in [2.45, 2.75) is 13.5 Å². The Balaban J connectivity index is 2.39.